The lowest BCUT2D eigenvalue weighted by atomic mass is 10.0. The van der Waals surface area contributed by atoms with Crippen LogP contribution in [0.2, 0.25) is 0 Å². The van der Waals surface area contributed by atoms with Crippen molar-refractivity contribution in [3.05, 3.63) is 47.5 Å². The van der Waals surface area contributed by atoms with Crippen LogP contribution in [0, 0.1) is 0 Å². The summed E-state index contributed by atoms with van der Waals surface area (Å²) in [6.45, 7) is -0.214. The van der Waals surface area contributed by atoms with Gasteiger partial charge in [-0.15, -0.1) is 0 Å². The van der Waals surface area contributed by atoms with Crippen LogP contribution in [-0.2, 0) is 0 Å². The van der Waals surface area contributed by atoms with Crippen LogP contribution in [0.5, 0.6) is 23.0 Å². The van der Waals surface area contributed by atoms with Crippen molar-refractivity contribution < 1.29 is 28.8 Å². The molecule has 2 aromatic rings. The highest BCUT2D eigenvalue weighted by molar-refractivity contribution is 5.76. The molecule has 6 nitrogen and oxygen atoms in total. The summed E-state index contributed by atoms with van der Waals surface area (Å²) in [7, 11) is 3.11. The fourth-order valence-corrected chi connectivity index (χ4v) is 2.67. The molecular weight excluding hydrogens is 312 g/mol. The van der Waals surface area contributed by atoms with Gasteiger partial charge in [-0.3, -0.25) is 4.79 Å². The molecule has 0 bridgehead atoms. The Bertz CT molecular complexity index is 742. The molecule has 0 aromatic heterocycles. The maximum atomic E-state index is 11.0. The van der Waals surface area contributed by atoms with E-state index in [-0.39, 0.29) is 6.61 Å². The Balaban J connectivity index is 1.98. The number of aliphatic hydroxyl groups is 1. The van der Waals surface area contributed by atoms with Crippen LogP contribution in [0.25, 0.3) is 0 Å². The molecule has 2 atom stereocenters. The average Bonchev–Trinajstić information content (AvgIpc) is 2.65. The third kappa shape index (κ3) is 2.88. The zero-order valence-electron chi connectivity index (χ0n) is 13.4. The second-order valence-electron chi connectivity index (χ2n) is 5.32. The van der Waals surface area contributed by atoms with E-state index in [1.807, 2.05) is 6.07 Å². The summed E-state index contributed by atoms with van der Waals surface area (Å²) in [5.41, 5.74) is 1.26. The number of hydrogen-bond donors (Lipinski definition) is 1. The SMILES string of the molecule is COc1ccc([C@H]2Oc3cc(C=O)ccc3O[C@@H]2CO)cc1OC. The van der Waals surface area contributed by atoms with Gasteiger partial charge in [-0.05, 0) is 30.3 Å². The first-order chi connectivity index (χ1) is 11.7. The molecule has 0 unspecified atom stereocenters. The van der Waals surface area contributed by atoms with Crippen molar-refractivity contribution >= 4 is 6.29 Å². The van der Waals surface area contributed by atoms with Gasteiger partial charge in [0.05, 0.1) is 20.8 Å². The highest BCUT2D eigenvalue weighted by Gasteiger charge is 2.33. The van der Waals surface area contributed by atoms with E-state index < -0.39 is 12.2 Å². The molecule has 0 aliphatic carbocycles. The fraction of sp³-hybridized carbons (Fsp3) is 0.278. The van der Waals surface area contributed by atoms with Gasteiger partial charge in [0, 0.05) is 11.1 Å². The number of methoxy groups -OCH3 is 2. The molecule has 1 N–H and O–H groups in total. The number of hydrogen-bond acceptors (Lipinski definition) is 6. The highest BCUT2D eigenvalue weighted by atomic mass is 16.6. The number of rotatable bonds is 5. The summed E-state index contributed by atoms with van der Waals surface area (Å²) in [6.07, 6.45) is -0.366. The van der Waals surface area contributed by atoms with Crippen LogP contribution in [0.15, 0.2) is 36.4 Å². The summed E-state index contributed by atoms with van der Waals surface area (Å²) in [4.78, 5) is 11.0. The van der Waals surface area contributed by atoms with E-state index in [0.29, 0.717) is 28.6 Å². The topological polar surface area (TPSA) is 74.2 Å². The summed E-state index contributed by atoms with van der Waals surface area (Å²) < 4.78 is 22.4. The number of aliphatic hydroxyl groups excluding tert-OH is 1. The van der Waals surface area contributed by atoms with Crippen molar-refractivity contribution in [2.75, 3.05) is 20.8 Å². The number of fused-ring (bicyclic) bond motifs is 1. The molecular formula is C18H18O6. The third-order valence-corrected chi connectivity index (χ3v) is 3.89. The first kappa shape index (κ1) is 16.1. The molecule has 6 heteroatoms. The molecule has 24 heavy (non-hydrogen) atoms. The molecule has 0 saturated carbocycles. The van der Waals surface area contributed by atoms with Crippen molar-refractivity contribution in [2.45, 2.75) is 12.2 Å². The van der Waals surface area contributed by atoms with E-state index in [2.05, 4.69) is 0 Å². The molecule has 1 aliphatic heterocycles. The van der Waals surface area contributed by atoms with Gasteiger partial charge in [0.1, 0.15) is 6.29 Å². The molecule has 0 amide bonds. The van der Waals surface area contributed by atoms with Gasteiger partial charge in [0.15, 0.2) is 35.2 Å². The molecule has 0 saturated heterocycles. The Morgan fingerprint density at radius 2 is 1.83 bits per heavy atom. The minimum Gasteiger partial charge on any atom is -0.493 e. The molecule has 0 fully saturated rings. The van der Waals surface area contributed by atoms with Gasteiger partial charge in [0.25, 0.3) is 0 Å². The fourth-order valence-electron chi connectivity index (χ4n) is 2.67. The summed E-state index contributed by atoms with van der Waals surface area (Å²) in [6, 6.07) is 10.3. The summed E-state index contributed by atoms with van der Waals surface area (Å²) in [5.74, 6) is 2.12. The standard InChI is InChI=1S/C18H18O6/c1-21-13-6-4-12(8-15(13)22-2)18-17(10-20)23-14-5-3-11(9-19)7-16(14)24-18/h3-9,17-18,20H,10H2,1-2H3/t17-,18-/m1/s1. The Labute approximate surface area is 139 Å². The lowest BCUT2D eigenvalue weighted by Crippen LogP contribution is -2.36. The zero-order chi connectivity index (χ0) is 17.1. The number of benzene rings is 2. The maximum absolute atomic E-state index is 11.0. The number of ether oxygens (including phenoxy) is 4. The summed E-state index contributed by atoms with van der Waals surface area (Å²) in [5, 5.41) is 9.66. The van der Waals surface area contributed by atoms with E-state index >= 15 is 0 Å². The van der Waals surface area contributed by atoms with Crippen LogP contribution >= 0.6 is 0 Å². The minimum atomic E-state index is -0.572. The van der Waals surface area contributed by atoms with Gasteiger partial charge in [-0.2, -0.15) is 0 Å². The lowest BCUT2D eigenvalue weighted by Gasteiger charge is -2.33. The lowest BCUT2D eigenvalue weighted by molar-refractivity contribution is -0.0124. The van der Waals surface area contributed by atoms with Crippen LogP contribution in [0.4, 0.5) is 0 Å². The van der Waals surface area contributed by atoms with Gasteiger partial charge in [-0.25, -0.2) is 0 Å². The molecule has 1 heterocycles. The average molecular weight is 330 g/mol. The third-order valence-electron chi connectivity index (χ3n) is 3.89. The van der Waals surface area contributed by atoms with E-state index in [0.717, 1.165) is 11.8 Å². The van der Waals surface area contributed by atoms with E-state index in [1.165, 1.54) is 0 Å². The Morgan fingerprint density at radius 1 is 1.04 bits per heavy atom. The maximum Gasteiger partial charge on any atom is 0.163 e. The first-order valence-electron chi connectivity index (χ1n) is 7.45. The van der Waals surface area contributed by atoms with Gasteiger partial charge < -0.3 is 24.1 Å². The van der Waals surface area contributed by atoms with Crippen LogP contribution in [0.3, 0.4) is 0 Å². The number of carbonyl (C=O) groups excluding carboxylic acids is 1. The van der Waals surface area contributed by atoms with Crippen molar-refractivity contribution in [2.24, 2.45) is 0 Å². The number of carbonyl (C=O) groups is 1. The molecule has 0 radical (unpaired) electrons. The molecule has 1 aliphatic rings. The largest absolute Gasteiger partial charge is 0.493 e. The second-order valence-corrected chi connectivity index (χ2v) is 5.32. The van der Waals surface area contributed by atoms with E-state index in [9.17, 15) is 9.90 Å². The Hall–Kier alpha value is -2.73. The molecule has 3 rings (SSSR count). The monoisotopic (exact) mass is 330 g/mol. The van der Waals surface area contributed by atoms with Crippen molar-refractivity contribution in [1.82, 2.24) is 0 Å². The summed E-state index contributed by atoms with van der Waals surface area (Å²) >= 11 is 0. The Kier molecular flexibility index (Phi) is 4.57. The normalized spacial score (nSPS) is 18.8. The smallest absolute Gasteiger partial charge is 0.163 e. The predicted molar refractivity (Wildman–Crippen MR) is 86.2 cm³/mol. The van der Waals surface area contributed by atoms with Gasteiger partial charge in [-0.1, -0.05) is 6.07 Å². The highest BCUT2D eigenvalue weighted by Crippen LogP contribution is 2.41. The minimum absolute atomic E-state index is 0.214. The van der Waals surface area contributed by atoms with Crippen molar-refractivity contribution in [1.29, 1.82) is 0 Å². The second kappa shape index (κ2) is 6.80. The predicted octanol–water partition coefficient (Wildman–Crippen LogP) is 2.39. The number of aldehydes is 1. The van der Waals surface area contributed by atoms with Crippen LogP contribution in [-0.4, -0.2) is 38.3 Å². The van der Waals surface area contributed by atoms with E-state index in [1.54, 1.807) is 44.6 Å². The van der Waals surface area contributed by atoms with Gasteiger partial charge >= 0.3 is 0 Å². The van der Waals surface area contributed by atoms with Crippen molar-refractivity contribution in [3.8, 4) is 23.0 Å². The quantitative estimate of drug-likeness (QED) is 0.849. The van der Waals surface area contributed by atoms with Gasteiger partial charge in [0.2, 0.25) is 0 Å². The molecule has 126 valence electrons. The van der Waals surface area contributed by atoms with Crippen LogP contribution < -0.4 is 18.9 Å². The van der Waals surface area contributed by atoms with Crippen molar-refractivity contribution in [3.63, 3.8) is 0 Å². The Morgan fingerprint density at radius 3 is 2.50 bits per heavy atom. The molecule has 2 aromatic carbocycles. The first-order valence-corrected chi connectivity index (χ1v) is 7.45. The zero-order valence-corrected chi connectivity index (χ0v) is 13.4. The molecule has 0 spiro atoms. The van der Waals surface area contributed by atoms with E-state index in [4.69, 9.17) is 18.9 Å². The van der Waals surface area contributed by atoms with Crippen LogP contribution in [0.1, 0.15) is 22.0 Å².